The van der Waals surface area contributed by atoms with Crippen molar-refractivity contribution in [2.24, 2.45) is 0 Å². The molecule has 0 bridgehead atoms. The van der Waals surface area contributed by atoms with Crippen LogP contribution in [-0.2, 0) is 0 Å². The van der Waals surface area contributed by atoms with Crippen LogP contribution in [0.3, 0.4) is 0 Å². The van der Waals surface area contributed by atoms with Crippen LogP contribution in [0.25, 0.3) is 51.1 Å². The van der Waals surface area contributed by atoms with Gasteiger partial charge in [0.15, 0.2) is 0 Å². The molecule has 5 aromatic carbocycles. The Labute approximate surface area is 314 Å². The molecule has 49 heavy (non-hydrogen) atoms. The molecule has 0 fully saturated rings. The van der Waals surface area contributed by atoms with E-state index in [2.05, 4.69) is 92.5 Å². The number of thiophene rings is 3. The van der Waals surface area contributed by atoms with Crippen LogP contribution in [0.2, 0.25) is 0 Å². The molecule has 10 N–H and O–H groups in total. The van der Waals surface area contributed by atoms with Gasteiger partial charge in [0.1, 0.15) is 0 Å². The Hall–Kier alpha value is -3.88. The smallest absolute Gasteiger partial charge is 0.423 e. The van der Waals surface area contributed by atoms with Crippen LogP contribution in [0.15, 0.2) is 124 Å². The van der Waals surface area contributed by atoms with Crippen molar-refractivity contribution in [1.82, 2.24) is 0 Å². The second kappa shape index (κ2) is 15.8. The van der Waals surface area contributed by atoms with Crippen LogP contribution in [0, 0.1) is 0 Å². The van der Waals surface area contributed by atoms with E-state index in [0.29, 0.717) is 16.2 Å². The highest BCUT2D eigenvalue weighted by Gasteiger charge is 2.15. The summed E-state index contributed by atoms with van der Waals surface area (Å²) in [6.45, 7) is 0. The lowest BCUT2D eigenvalue weighted by atomic mass is 9.89. The minimum atomic E-state index is -1.35. The number of fused-ring (bicyclic) bond motifs is 3. The number of rotatable bonds is 3. The Bertz CT molecular complexity index is 2140. The van der Waals surface area contributed by atoms with E-state index in [4.69, 9.17) is 33.0 Å². The first-order valence-electron chi connectivity index (χ1n) is 14.6. The Morgan fingerprint density at radius 1 is 0.469 bits per heavy atom. The Morgan fingerprint density at radius 3 is 1.20 bits per heavy atom. The lowest BCUT2D eigenvalue weighted by Gasteiger charge is -2.09. The first kappa shape index (κ1) is 36.4. The molecule has 0 unspecified atom stereocenters. The molecular formula is C37H33BBr2N4O2S3. The maximum atomic E-state index is 8.89. The Morgan fingerprint density at radius 2 is 0.837 bits per heavy atom. The van der Waals surface area contributed by atoms with Crippen molar-refractivity contribution in [2.45, 2.75) is 7.43 Å². The zero-order chi connectivity index (χ0) is 33.9. The summed E-state index contributed by atoms with van der Waals surface area (Å²) in [5, 5.41) is 21.3. The molecule has 0 radical (unpaired) electrons. The van der Waals surface area contributed by atoms with Crippen molar-refractivity contribution in [3.63, 3.8) is 0 Å². The summed E-state index contributed by atoms with van der Waals surface area (Å²) in [4.78, 5) is 2.30. The van der Waals surface area contributed by atoms with Gasteiger partial charge in [-0.3, -0.25) is 0 Å². The molecule has 0 saturated heterocycles. The molecule has 3 aromatic heterocycles. The van der Waals surface area contributed by atoms with Gasteiger partial charge in [0.2, 0.25) is 0 Å². The first-order valence-corrected chi connectivity index (χ1v) is 18.6. The third kappa shape index (κ3) is 8.30. The normalized spacial score (nSPS) is 10.6. The molecule has 0 saturated carbocycles. The van der Waals surface area contributed by atoms with Crippen molar-refractivity contribution in [3.05, 3.63) is 124 Å². The van der Waals surface area contributed by atoms with Crippen LogP contribution in [0.1, 0.15) is 7.43 Å². The van der Waals surface area contributed by atoms with Gasteiger partial charge in [0.05, 0.1) is 0 Å². The predicted octanol–water partition coefficient (Wildman–Crippen LogP) is 10.2. The van der Waals surface area contributed by atoms with E-state index in [-0.39, 0.29) is 7.43 Å². The number of nitrogen functional groups attached to an aromatic ring is 4. The van der Waals surface area contributed by atoms with Gasteiger partial charge in [-0.15, -0.1) is 34.0 Å². The van der Waals surface area contributed by atoms with Gasteiger partial charge in [-0.2, -0.15) is 0 Å². The molecule has 0 atom stereocenters. The van der Waals surface area contributed by atoms with Gasteiger partial charge >= 0.3 is 7.12 Å². The number of hydrogen-bond acceptors (Lipinski definition) is 9. The summed E-state index contributed by atoms with van der Waals surface area (Å²) in [5.41, 5.74) is 28.9. The number of benzene rings is 5. The molecule has 6 nitrogen and oxygen atoms in total. The Kier molecular flexibility index (Phi) is 11.7. The van der Waals surface area contributed by atoms with Crippen molar-refractivity contribution in [2.75, 3.05) is 22.9 Å². The van der Waals surface area contributed by atoms with Crippen LogP contribution >= 0.6 is 65.9 Å². The van der Waals surface area contributed by atoms with Crippen molar-refractivity contribution >= 4 is 131 Å². The average Bonchev–Trinajstić information content (AvgIpc) is 3.82. The number of nitrogens with two attached hydrogens (primary N) is 4. The molecule has 8 rings (SSSR count). The molecule has 0 aliphatic carbocycles. The van der Waals surface area contributed by atoms with E-state index in [1.807, 2.05) is 36.4 Å². The zero-order valence-electron chi connectivity index (χ0n) is 25.2. The third-order valence-electron chi connectivity index (χ3n) is 7.42. The molecule has 248 valence electrons. The number of halogens is 2. The van der Waals surface area contributed by atoms with Gasteiger partial charge in [-0.1, -0.05) is 62.0 Å². The van der Waals surface area contributed by atoms with E-state index < -0.39 is 7.12 Å². The van der Waals surface area contributed by atoms with Crippen molar-refractivity contribution in [3.8, 4) is 20.9 Å². The Balaban J connectivity index is 0.000000169. The second-order valence-electron chi connectivity index (χ2n) is 10.8. The SMILES string of the molecule is C.Nc1cc(-c2cc3ccccc3s2)c(N)cc1-c1cc2ccccc2s1.Nc1cc(Br)c(N)cc1Br.OB(O)c1cc2ccccc2s1. The van der Waals surface area contributed by atoms with Gasteiger partial charge in [0, 0.05) is 71.5 Å². The molecule has 0 spiro atoms. The topological polar surface area (TPSA) is 145 Å². The van der Waals surface area contributed by atoms with Crippen molar-refractivity contribution < 1.29 is 10.0 Å². The number of anilines is 4. The largest absolute Gasteiger partial charge is 0.499 e. The highest BCUT2D eigenvalue weighted by molar-refractivity contribution is 9.11. The van der Waals surface area contributed by atoms with E-state index in [1.165, 1.54) is 31.5 Å². The first-order chi connectivity index (χ1) is 23.1. The minimum absolute atomic E-state index is 0. The van der Waals surface area contributed by atoms with E-state index >= 15 is 0 Å². The van der Waals surface area contributed by atoms with E-state index in [9.17, 15) is 0 Å². The van der Waals surface area contributed by atoms with Crippen LogP contribution in [0.4, 0.5) is 22.7 Å². The fourth-order valence-corrected chi connectivity index (χ4v) is 8.86. The highest BCUT2D eigenvalue weighted by Crippen LogP contribution is 2.43. The standard InChI is InChI=1S/C22H16N2S2.C8H7BO2S.C6H6Br2N2.CH4/c23-17-12-16(22-10-14-6-2-4-8-20(14)26-22)18(24)11-15(17)21-9-13-5-1-3-7-19(13)25-21;10-9(11)8-5-6-3-1-2-4-7(6)12-8;7-3-1-5(9)4(8)2-6(3)10;/h1-12H,23-24H2;1-5,10-11H;1-2H,9-10H2;1H4. The van der Waals surface area contributed by atoms with Crippen molar-refractivity contribution in [1.29, 1.82) is 0 Å². The van der Waals surface area contributed by atoms with Gasteiger partial charge in [-0.25, -0.2) is 0 Å². The fourth-order valence-electron chi connectivity index (χ4n) is 5.00. The lowest BCUT2D eigenvalue weighted by molar-refractivity contribution is 0.427. The van der Waals surface area contributed by atoms with E-state index in [0.717, 1.165) is 51.3 Å². The van der Waals surface area contributed by atoms with Gasteiger partial charge in [0.25, 0.3) is 0 Å². The summed E-state index contributed by atoms with van der Waals surface area (Å²) in [6.07, 6.45) is 0. The van der Waals surface area contributed by atoms with Crippen LogP contribution in [0.5, 0.6) is 0 Å². The minimum Gasteiger partial charge on any atom is -0.423 e. The maximum absolute atomic E-state index is 8.89. The maximum Gasteiger partial charge on any atom is 0.499 e. The molecule has 0 amide bonds. The summed E-state index contributed by atoms with van der Waals surface area (Å²) in [7, 11) is -1.35. The average molecular weight is 833 g/mol. The highest BCUT2D eigenvalue weighted by atomic mass is 79.9. The summed E-state index contributed by atoms with van der Waals surface area (Å²) in [6, 6.07) is 38.3. The molecule has 8 aromatic rings. The lowest BCUT2D eigenvalue weighted by Crippen LogP contribution is -2.26. The molecule has 12 heteroatoms. The molecule has 0 aliphatic rings. The molecular weight excluding hydrogens is 799 g/mol. The molecule has 3 heterocycles. The van der Waals surface area contributed by atoms with Crippen LogP contribution < -0.4 is 27.7 Å². The van der Waals surface area contributed by atoms with Crippen LogP contribution in [-0.4, -0.2) is 17.2 Å². The van der Waals surface area contributed by atoms with Gasteiger partial charge < -0.3 is 33.0 Å². The summed E-state index contributed by atoms with van der Waals surface area (Å²) < 4.78 is 5.85. The summed E-state index contributed by atoms with van der Waals surface area (Å²) >= 11 is 11.4. The van der Waals surface area contributed by atoms with Gasteiger partial charge in [-0.05, 0) is 109 Å². The van der Waals surface area contributed by atoms with E-state index in [1.54, 1.807) is 40.9 Å². The zero-order valence-corrected chi connectivity index (χ0v) is 30.9. The molecule has 0 aliphatic heterocycles. The monoisotopic (exact) mass is 830 g/mol. The summed E-state index contributed by atoms with van der Waals surface area (Å²) in [5.74, 6) is 0. The predicted molar refractivity (Wildman–Crippen MR) is 226 cm³/mol. The fraction of sp³-hybridized carbons (Fsp3) is 0.0270. The quantitative estimate of drug-likeness (QED) is 0.0773. The third-order valence-corrected chi connectivity index (χ3v) is 12.2. The number of hydrogen-bond donors (Lipinski definition) is 6. The second-order valence-corrected chi connectivity index (χ2v) is 15.8.